The van der Waals surface area contributed by atoms with Crippen molar-refractivity contribution in [3.63, 3.8) is 0 Å². The first-order valence-corrected chi connectivity index (χ1v) is 11.5. The summed E-state index contributed by atoms with van der Waals surface area (Å²) in [6, 6.07) is 0.720. The summed E-state index contributed by atoms with van der Waals surface area (Å²) in [5.74, 6) is -0.749. The van der Waals surface area contributed by atoms with E-state index in [-0.39, 0.29) is 66.6 Å². The molecule has 2 fully saturated rings. The third kappa shape index (κ3) is 8.43. The Morgan fingerprint density at radius 3 is 2.39 bits per heavy atom. The quantitative estimate of drug-likeness (QED) is 0.286. The molecule has 1 saturated carbocycles. The number of carbonyl (C=O) groups is 3. The van der Waals surface area contributed by atoms with Crippen LogP contribution in [0.4, 0.5) is 5.82 Å². The summed E-state index contributed by atoms with van der Waals surface area (Å²) in [6.45, 7) is 1.70. The Hall–Kier alpha value is -2.21. The maximum Gasteiger partial charge on any atom is 0.325 e. The van der Waals surface area contributed by atoms with Gasteiger partial charge in [0.2, 0.25) is 11.8 Å². The molecule has 1 saturated heterocycles. The van der Waals surface area contributed by atoms with Crippen LogP contribution in [-0.2, 0) is 14.4 Å². The molecule has 36 heavy (non-hydrogen) atoms. The molecule has 0 radical (unpaired) electrons. The van der Waals surface area contributed by atoms with E-state index in [1.807, 2.05) is 11.0 Å². The van der Waals surface area contributed by atoms with E-state index < -0.39 is 24.5 Å². The third-order valence-electron chi connectivity index (χ3n) is 6.19. The predicted molar refractivity (Wildman–Crippen MR) is 145 cm³/mol. The van der Waals surface area contributed by atoms with Crippen LogP contribution in [0, 0.1) is 0 Å². The number of hydrogen-bond acceptors (Lipinski definition) is 8. The number of nitrogens with one attached hydrogen (secondary N) is 2. The third-order valence-corrected chi connectivity index (χ3v) is 6.19. The van der Waals surface area contributed by atoms with Gasteiger partial charge in [-0.2, -0.15) is 0 Å². The Balaban J connectivity index is 0.00000408. The van der Waals surface area contributed by atoms with E-state index in [2.05, 4.69) is 25.8 Å². The minimum atomic E-state index is -1.13. The maximum atomic E-state index is 12.5. The Labute approximate surface area is 229 Å². The summed E-state index contributed by atoms with van der Waals surface area (Å²) in [5, 5.41) is 23.2. The second-order valence-electron chi connectivity index (χ2n) is 8.65. The minimum Gasteiger partial charge on any atom is -0.480 e. The van der Waals surface area contributed by atoms with Gasteiger partial charge in [-0.1, -0.05) is 19.3 Å². The summed E-state index contributed by atoms with van der Waals surface area (Å²) in [6.07, 6.45) is 6.97. The second-order valence-corrected chi connectivity index (χ2v) is 8.65. The fourth-order valence-electron chi connectivity index (χ4n) is 4.47. The summed E-state index contributed by atoms with van der Waals surface area (Å²) >= 11 is 0. The van der Waals surface area contributed by atoms with Gasteiger partial charge in [-0.15, -0.1) is 47.4 Å². The van der Waals surface area contributed by atoms with E-state index >= 15 is 0 Å². The number of carboxylic acid groups (broad SMARTS) is 1. The zero-order valence-corrected chi connectivity index (χ0v) is 22.9. The molecule has 0 spiro atoms. The fraction of sp³-hybridized carbons (Fsp3) is 0.636. The highest BCUT2D eigenvalue weighted by Crippen LogP contribution is 2.38. The highest BCUT2D eigenvalue weighted by atomic mass is 35.5. The molecule has 2 aliphatic rings. The van der Waals surface area contributed by atoms with Crippen molar-refractivity contribution in [2.75, 3.05) is 25.0 Å². The van der Waals surface area contributed by atoms with Crippen molar-refractivity contribution in [2.24, 2.45) is 10.7 Å². The van der Waals surface area contributed by atoms with Crippen LogP contribution in [0.2, 0.25) is 0 Å². The van der Waals surface area contributed by atoms with E-state index in [9.17, 15) is 14.4 Å². The highest BCUT2D eigenvalue weighted by Gasteiger charge is 2.34. The van der Waals surface area contributed by atoms with Crippen LogP contribution in [0.3, 0.4) is 0 Å². The van der Waals surface area contributed by atoms with Gasteiger partial charge in [0.25, 0.3) is 0 Å². The molecule has 2 amide bonds. The van der Waals surface area contributed by atoms with Gasteiger partial charge >= 0.3 is 5.97 Å². The van der Waals surface area contributed by atoms with Crippen molar-refractivity contribution in [3.05, 3.63) is 17.3 Å². The number of aliphatic carboxylic acids is 1. The molecule has 1 aromatic heterocycles. The van der Waals surface area contributed by atoms with E-state index in [0.29, 0.717) is 12.4 Å². The van der Waals surface area contributed by atoms with Crippen LogP contribution >= 0.6 is 37.2 Å². The first-order chi connectivity index (χ1) is 15.8. The average molecular weight is 569 g/mol. The SMILES string of the molecule is CNC(=O)[C@@H]1CCCN1c1nnc(C(=NCC(=O)O)NC(=O)[C@H](C)N)cc1C1CCCCC1.Cl.Cl.Cl. The Kier molecular flexibility index (Phi) is 14.8. The normalized spacial score (nSPS) is 18.7. The lowest BCUT2D eigenvalue weighted by atomic mass is 9.84. The number of rotatable bonds is 7. The van der Waals surface area contributed by atoms with Crippen molar-refractivity contribution >= 4 is 66.7 Å². The van der Waals surface area contributed by atoms with Gasteiger partial charge in [0.15, 0.2) is 11.7 Å². The number of aliphatic imine (C=N–C) groups is 1. The number of halogens is 3. The molecule has 0 bridgehead atoms. The molecular formula is C22H36Cl3N7O4. The molecule has 204 valence electrons. The van der Waals surface area contributed by atoms with Gasteiger partial charge in [-0.3, -0.25) is 19.4 Å². The summed E-state index contributed by atoms with van der Waals surface area (Å²) in [7, 11) is 1.63. The first kappa shape index (κ1) is 33.8. The number of amides is 2. The zero-order valence-electron chi connectivity index (χ0n) is 20.4. The second kappa shape index (κ2) is 15.8. The molecule has 1 aliphatic carbocycles. The van der Waals surface area contributed by atoms with Gasteiger partial charge in [0.05, 0.1) is 6.04 Å². The van der Waals surface area contributed by atoms with Crippen molar-refractivity contribution in [1.29, 1.82) is 0 Å². The number of amidine groups is 1. The molecule has 1 aliphatic heterocycles. The smallest absolute Gasteiger partial charge is 0.325 e. The zero-order chi connectivity index (χ0) is 24.0. The van der Waals surface area contributed by atoms with Gasteiger partial charge in [-0.25, -0.2) is 0 Å². The lowest BCUT2D eigenvalue weighted by molar-refractivity contribution is -0.135. The van der Waals surface area contributed by atoms with Crippen LogP contribution < -0.4 is 21.3 Å². The number of hydrogen-bond donors (Lipinski definition) is 4. The lowest BCUT2D eigenvalue weighted by Gasteiger charge is -2.30. The molecule has 11 nitrogen and oxygen atoms in total. The van der Waals surface area contributed by atoms with Crippen LogP contribution in [0.15, 0.2) is 11.1 Å². The van der Waals surface area contributed by atoms with E-state index in [1.54, 1.807) is 7.05 Å². The summed E-state index contributed by atoms with van der Waals surface area (Å²) in [5.41, 5.74) is 6.90. The Bertz CT molecular complexity index is 927. The van der Waals surface area contributed by atoms with Gasteiger partial charge < -0.3 is 26.4 Å². The number of nitrogens with zero attached hydrogens (tertiary/aromatic N) is 4. The summed E-state index contributed by atoms with van der Waals surface area (Å²) < 4.78 is 0. The number of carboxylic acids is 1. The molecule has 14 heteroatoms. The van der Waals surface area contributed by atoms with Crippen LogP contribution in [0.25, 0.3) is 0 Å². The van der Waals surface area contributed by atoms with Crippen LogP contribution in [0.5, 0.6) is 0 Å². The molecule has 2 atom stereocenters. The molecule has 2 heterocycles. The maximum absolute atomic E-state index is 12.5. The molecular weight excluding hydrogens is 533 g/mol. The van der Waals surface area contributed by atoms with E-state index in [1.165, 1.54) is 13.3 Å². The van der Waals surface area contributed by atoms with Crippen molar-refractivity contribution in [1.82, 2.24) is 20.8 Å². The number of aromatic nitrogens is 2. The van der Waals surface area contributed by atoms with E-state index in [4.69, 9.17) is 10.8 Å². The number of nitrogens with two attached hydrogens (primary N) is 1. The Morgan fingerprint density at radius 2 is 1.81 bits per heavy atom. The predicted octanol–water partition coefficient (Wildman–Crippen LogP) is 1.80. The first-order valence-electron chi connectivity index (χ1n) is 11.5. The number of carbonyl (C=O) groups excluding carboxylic acids is 2. The van der Waals surface area contributed by atoms with Crippen molar-refractivity contribution in [2.45, 2.75) is 69.9 Å². The molecule has 3 rings (SSSR count). The van der Waals surface area contributed by atoms with Crippen molar-refractivity contribution < 1.29 is 19.5 Å². The van der Waals surface area contributed by atoms with Crippen LogP contribution in [-0.4, -0.2) is 71.1 Å². The fourth-order valence-corrected chi connectivity index (χ4v) is 4.47. The topological polar surface area (TPSA) is 163 Å². The number of anilines is 1. The minimum absolute atomic E-state index is 0. The highest BCUT2D eigenvalue weighted by molar-refractivity contribution is 6.08. The molecule has 5 N–H and O–H groups in total. The average Bonchev–Trinajstić information content (AvgIpc) is 3.31. The summed E-state index contributed by atoms with van der Waals surface area (Å²) in [4.78, 5) is 41.8. The van der Waals surface area contributed by atoms with Gasteiger partial charge in [-0.05, 0) is 44.6 Å². The van der Waals surface area contributed by atoms with Gasteiger partial charge in [0, 0.05) is 19.2 Å². The Morgan fingerprint density at radius 1 is 1.14 bits per heavy atom. The largest absolute Gasteiger partial charge is 0.480 e. The molecule has 0 aromatic carbocycles. The van der Waals surface area contributed by atoms with E-state index in [0.717, 1.165) is 44.1 Å². The molecule has 1 aromatic rings. The van der Waals surface area contributed by atoms with Crippen molar-refractivity contribution in [3.8, 4) is 0 Å². The lowest BCUT2D eigenvalue weighted by Crippen LogP contribution is -2.44. The monoisotopic (exact) mass is 567 g/mol. The van der Waals surface area contributed by atoms with Gasteiger partial charge in [0.1, 0.15) is 18.3 Å². The van der Waals surface area contributed by atoms with Crippen LogP contribution in [0.1, 0.15) is 69.0 Å². The molecule has 0 unspecified atom stereocenters. The standard InChI is InChI=1S/C22H33N7O4.3ClH/c1-13(23)21(32)26-19(25-12-18(30)31)16-11-15(14-7-4-3-5-8-14)20(28-27-16)29-10-6-9-17(29)22(33)24-2;;;/h11,13-14,17H,3-10,12,23H2,1-2H3,(H,24,33)(H,30,31)(H,25,26,32);3*1H/t13-,17-;;;/m0.../s1. The number of likely N-dealkylation sites (N-methyl/N-ethyl adjacent to an activating group) is 1.